The summed E-state index contributed by atoms with van der Waals surface area (Å²) < 4.78 is 31.2. The van der Waals surface area contributed by atoms with Crippen LogP contribution in [0.4, 0.5) is 8.78 Å². The zero-order valence-electron chi connectivity index (χ0n) is 11.3. The third-order valence-electron chi connectivity index (χ3n) is 2.85. The number of benzene rings is 1. The Balaban J connectivity index is 2.53. The minimum absolute atomic E-state index is 0.106. The molecule has 5 heteroatoms. The fourth-order valence-corrected chi connectivity index (χ4v) is 1.80. The Morgan fingerprint density at radius 3 is 2.70 bits per heavy atom. The van der Waals surface area contributed by atoms with Crippen LogP contribution in [0.15, 0.2) is 24.3 Å². The molecular formula is C15H17F2NO2. The number of ether oxygens (including phenoxy) is 1. The summed E-state index contributed by atoms with van der Waals surface area (Å²) >= 11 is 0. The van der Waals surface area contributed by atoms with Gasteiger partial charge in [-0.05, 0) is 18.9 Å². The number of esters is 1. The lowest BCUT2D eigenvalue weighted by Crippen LogP contribution is -2.14. The van der Waals surface area contributed by atoms with Crippen LogP contribution in [0.5, 0.6) is 0 Å². The third kappa shape index (κ3) is 4.96. The van der Waals surface area contributed by atoms with E-state index in [0.29, 0.717) is 6.42 Å². The fourth-order valence-electron chi connectivity index (χ4n) is 1.80. The second-order valence-corrected chi connectivity index (χ2v) is 4.43. The number of nitriles is 1. The van der Waals surface area contributed by atoms with E-state index in [1.807, 2.05) is 6.07 Å². The molecule has 2 unspecified atom stereocenters. The molecule has 0 aromatic heterocycles. The maximum absolute atomic E-state index is 13.5. The average Bonchev–Trinajstić information content (AvgIpc) is 2.41. The SMILES string of the molecule is CCCC(F)OC(=O)CCC(C#N)c1ccccc1F. The van der Waals surface area contributed by atoms with E-state index in [1.54, 1.807) is 13.0 Å². The highest BCUT2D eigenvalue weighted by molar-refractivity contribution is 5.69. The van der Waals surface area contributed by atoms with Gasteiger partial charge >= 0.3 is 5.97 Å². The highest BCUT2D eigenvalue weighted by Crippen LogP contribution is 2.23. The average molecular weight is 281 g/mol. The summed E-state index contributed by atoms with van der Waals surface area (Å²) in [5, 5.41) is 9.04. The van der Waals surface area contributed by atoms with Crippen LogP contribution in [-0.4, -0.2) is 12.3 Å². The van der Waals surface area contributed by atoms with Crippen molar-refractivity contribution in [3.8, 4) is 6.07 Å². The van der Waals surface area contributed by atoms with Gasteiger partial charge in [-0.15, -0.1) is 0 Å². The maximum Gasteiger partial charge on any atom is 0.308 e. The molecule has 0 amide bonds. The van der Waals surface area contributed by atoms with Gasteiger partial charge in [0.25, 0.3) is 0 Å². The van der Waals surface area contributed by atoms with E-state index < -0.39 is 24.1 Å². The maximum atomic E-state index is 13.5. The Morgan fingerprint density at radius 2 is 2.10 bits per heavy atom. The van der Waals surface area contributed by atoms with Crippen LogP contribution in [-0.2, 0) is 9.53 Å². The first-order valence-electron chi connectivity index (χ1n) is 6.56. The summed E-state index contributed by atoms with van der Waals surface area (Å²) in [4.78, 5) is 11.4. The molecule has 0 saturated heterocycles. The van der Waals surface area contributed by atoms with Gasteiger partial charge in [0.15, 0.2) is 0 Å². The van der Waals surface area contributed by atoms with Gasteiger partial charge in [-0.1, -0.05) is 25.1 Å². The number of halogens is 2. The lowest BCUT2D eigenvalue weighted by molar-refractivity contribution is -0.158. The summed E-state index contributed by atoms with van der Waals surface area (Å²) in [6, 6.07) is 7.87. The first-order chi connectivity index (χ1) is 9.58. The molecule has 0 bridgehead atoms. The number of carbonyl (C=O) groups is 1. The van der Waals surface area contributed by atoms with Gasteiger partial charge in [0.2, 0.25) is 6.36 Å². The molecule has 1 rings (SSSR count). The molecule has 20 heavy (non-hydrogen) atoms. The monoisotopic (exact) mass is 281 g/mol. The number of hydrogen-bond donors (Lipinski definition) is 0. The Bertz CT molecular complexity index is 485. The topological polar surface area (TPSA) is 50.1 Å². The lowest BCUT2D eigenvalue weighted by atomic mass is 9.95. The Kier molecular flexibility index (Phi) is 6.65. The van der Waals surface area contributed by atoms with Crippen LogP contribution >= 0.6 is 0 Å². The van der Waals surface area contributed by atoms with Crippen molar-refractivity contribution in [3.05, 3.63) is 35.6 Å². The van der Waals surface area contributed by atoms with Crippen LogP contribution in [0.3, 0.4) is 0 Å². The number of nitrogens with zero attached hydrogens (tertiary/aromatic N) is 1. The van der Waals surface area contributed by atoms with E-state index >= 15 is 0 Å². The highest BCUT2D eigenvalue weighted by atomic mass is 19.1. The van der Waals surface area contributed by atoms with Gasteiger partial charge < -0.3 is 4.74 Å². The predicted molar refractivity (Wildman–Crippen MR) is 69.9 cm³/mol. The van der Waals surface area contributed by atoms with E-state index in [1.165, 1.54) is 18.2 Å². The van der Waals surface area contributed by atoms with Gasteiger partial charge in [0, 0.05) is 18.4 Å². The van der Waals surface area contributed by atoms with E-state index in [4.69, 9.17) is 5.26 Å². The number of hydrogen-bond acceptors (Lipinski definition) is 3. The standard InChI is InChI=1S/C15H17F2NO2/c1-2-5-14(17)20-15(19)9-8-11(10-18)12-6-3-4-7-13(12)16/h3-4,6-7,11,14H,2,5,8-9H2,1H3. The molecule has 3 nitrogen and oxygen atoms in total. The first-order valence-corrected chi connectivity index (χ1v) is 6.56. The normalized spacial score (nSPS) is 13.3. The lowest BCUT2D eigenvalue weighted by Gasteiger charge is -2.11. The van der Waals surface area contributed by atoms with Gasteiger partial charge in [-0.25, -0.2) is 8.78 Å². The van der Waals surface area contributed by atoms with Crippen LogP contribution in [0.2, 0.25) is 0 Å². The van der Waals surface area contributed by atoms with Crippen LogP contribution in [0.1, 0.15) is 44.1 Å². The largest absolute Gasteiger partial charge is 0.431 e. The summed E-state index contributed by atoms with van der Waals surface area (Å²) in [7, 11) is 0. The molecule has 2 atom stereocenters. The molecule has 0 aliphatic rings. The second-order valence-electron chi connectivity index (χ2n) is 4.43. The minimum atomic E-state index is -1.61. The quantitative estimate of drug-likeness (QED) is 0.713. The molecule has 1 aromatic rings. The molecule has 108 valence electrons. The first kappa shape index (κ1) is 16.1. The van der Waals surface area contributed by atoms with E-state index in [2.05, 4.69) is 4.74 Å². The second kappa shape index (κ2) is 8.26. The van der Waals surface area contributed by atoms with E-state index in [-0.39, 0.29) is 24.8 Å². The van der Waals surface area contributed by atoms with Gasteiger partial charge in [-0.3, -0.25) is 4.79 Å². The minimum Gasteiger partial charge on any atom is -0.431 e. The van der Waals surface area contributed by atoms with Crippen molar-refractivity contribution >= 4 is 5.97 Å². The molecule has 0 radical (unpaired) electrons. The van der Waals surface area contributed by atoms with Crippen molar-refractivity contribution in [1.29, 1.82) is 5.26 Å². The highest BCUT2D eigenvalue weighted by Gasteiger charge is 2.18. The van der Waals surface area contributed by atoms with Gasteiger partial charge in [0.1, 0.15) is 5.82 Å². The van der Waals surface area contributed by atoms with E-state index in [0.717, 1.165) is 0 Å². The van der Waals surface area contributed by atoms with Crippen LogP contribution < -0.4 is 0 Å². The molecule has 1 aromatic carbocycles. The Hall–Kier alpha value is -1.96. The number of carbonyl (C=O) groups excluding carboxylic acids is 1. The van der Waals surface area contributed by atoms with Crippen molar-refractivity contribution in [3.63, 3.8) is 0 Å². The molecular weight excluding hydrogens is 264 g/mol. The number of alkyl halides is 1. The van der Waals surface area contributed by atoms with Crippen molar-refractivity contribution in [2.45, 2.75) is 44.9 Å². The molecule has 0 heterocycles. The molecule has 0 saturated carbocycles. The van der Waals surface area contributed by atoms with Crippen molar-refractivity contribution < 1.29 is 18.3 Å². The van der Waals surface area contributed by atoms with E-state index in [9.17, 15) is 13.6 Å². The third-order valence-corrected chi connectivity index (χ3v) is 2.85. The molecule has 0 spiro atoms. The van der Waals surface area contributed by atoms with Gasteiger partial charge in [-0.2, -0.15) is 5.26 Å². The van der Waals surface area contributed by atoms with Crippen molar-refractivity contribution in [2.75, 3.05) is 0 Å². The number of rotatable bonds is 7. The summed E-state index contributed by atoms with van der Waals surface area (Å²) in [6.07, 6.45) is -0.890. The molecule has 0 N–H and O–H groups in total. The Labute approximate surface area is 117 Å². The van der Waals surface area contributed by atoms with Gasteiger partial charge in [0.05, 0.1) is 12.0 Å². The summed E-state index contributed by atoms with van der Waals surface area (Å²) in [6.45, 7) is 1.78. The fraction of sp³-hybridized carbons (Fsp3) is 0.467. The smallest absolute Gasteiger partial charge is 0.308 e. The van der Waals surface area contributed by atoms with Crippen LogP contribution in [0, 0.1) is 17.1 Å². The summed E-state index contributed by atoms with van der Waals surface area (Å²) in [5.74, 6) is -1.93. The molecule has 0 aliphatic carbocycles. The van der Waals surface area contributed by atoms with Crippen LogP contribution in [0.25, 0.3) is 0 Å². The predicted octanol–water partition coefficient (Wildman–Crippen LogP) is 3.85. The zero-order chi connectivity index (χ0) is 15.0. The summed E-state index contributed by atoms with van der Waals surface area (Å²) in [5.41, 5.74) is 0.244. The zero-order valence-corrected chi connectivity index (χ0v) is 11.3. The Morgan fingerprint density at radius 1 is 1.40 bits per heavy atom. The van der Waals surface area contributed by atoms with Crippen molar-refractivity contribution in [1.82, 2.24) is 0 Å². The molecule has 0 aliphatic heterocycles. The van der Waals surface area contributed by atoms with Crippen molar-refractivity contribution in [2.24, 2.45) is 0 Å². The molecule has 0 fully saturated rings.